The molecule has 0 aliphatic carbocycles. The molecule has 0 aliphatic heterocycles. The van der Waals surface area contributed by atoms with Gasteiger partial charge in [0.25, 0.3) is 0 Å². The summed E-state index contributed by atoms with van der Waals surface area (Å²) in [5, 5.41) is 18.3. The first kappa shape index (κ1) is 8.23. The van der Waals surface area contributed by atoms with Crippen LogP contribution in [-0.4, -0.2) is 25.9 Å². The van der Waals surface area contributed by atoms with Crippen LogP contribution in [0.25, 0.3) is 0 Å². The van der Waals surface area contributed by atoms with Gasteiger partial charge in [-0.15, -0.1) is 0 Å². The molecule has 0 saturated carbocycles. The minimum absolute atomic E-state index is 0.502. The molecular formula is C7H12N2O2. The molecule has 0 spiro atoms. The molecule has 1 rings (SSSR count). The molecule has 4 heteroatoms. The van der Waals surface area contributed by atoms with E-state index < -0.39 is 12.2 Å². The number of aromatic nitrogens is 2. The molecule has 0 amide bonds. The van der Waals surface area contributed by atoms with Crippen molar-refractivity contribution in [1.82, 2.24) is 9.55 Å². The summed E-state index contributed by atoms with van der Waals surface area (Å²) in [6.45, 7) is 1.53. The molecule has 0 aromatic carbocycles. The molecule has 1 aromatic heterocycles. The van der Waals surface area contributed by atoms with Gasteiger partial charge in [-0.2, -0.15) is 0 Å². The standard InChI is InChI=1S/C7H12N2O2/c1-5(10)7(11)6-3-9(2)4-8-6/h3-5,7,10-11H,1-2H3. The van der Waals surface area contributed by atoms with E-state index >= 15 is 0 Å². The molecule has 2 N–H and O–H groups in total. The van der Waals surface area contributed by atoms with E-state index in [1.807, 2.05) is 7.05 Å². The van der Waals surface area contributed by atoms with Gasteiger partial charge < -0.3 is 14.8 Å². The number of nitrogens with zero attached hydrogens (tertiary/aromatic N) is 2. The molecular weight excluding hydrogens is 144 g/mol. The van der Waals surface area contributed by atoms with E-state index in [0.717, 1.165) is 0 Å². The monoisotopic (exact) mass is 156 g/mol. The molecule has 0 fully saturated rings. The van der Waals surface area contributed by atoms with Crippen LogP contribution in [0.5, 0.6) is 0 Å². The van der Waals surface area contributed by atoms with E-state index in [1.54, 1.807) is 17.1 Å². The van der Waals surface area contributed by atoms with E-state index in [2.05, 4.69) is 4.98 Å². The fourth-order valence-electron chi connectivity index (χ4n) is 0.833. The Morgan fingerprint density at radius 1 is 1.55 bits per heavy atom. The molecule has 0 bridgehead atoms. The molecule has 2 atom stereocenters. The third-order valence-electron chi connectivity index (χ3n) is 1.48. The van der Waals surface area contributed by atoms with Crippen LogP contribution in [0, 0.1) is 0 Å². The Morgan fingerprint density at radius 3 is 2.55 bits per heavy atom. The van der Waals surface area contributed by atoms with Gasteiger partial charge in [0.1, 0.15) is 6.10 Å². The summed E-state index contributed by atoms with van der Waals surface area (Å²) < 4.78 is 1.72. The lowest BCUT2D eigenvalue weighted by Crippen LogP contribution is -2.13. The number of aliphatic hydroxyl groups excluding tert-OH is 2. The topological polar surface area (TPSA) is 58.3 Å². The predicted molar refractivity (Wildman–Crippen MR) is 39.8 cm³/mol. The average Bonchev–Trinajstić information content (AvgIpc) is 2.34. The fraction of sp³-hybridized carbons (Fsp3) is 0.571. The molecule has 1 heterocycles. The fourth-order valence-corrected chi connectivity index (χ4v) is 0.833. The van der Waals surface area contributed by atoms with Crippen molar-refractivity contribution in [2.75, 3.05) is 0 Å². The normalized spacial score (nSPS) is 16.4. The lowest BCUT2D eigenvalue weighted by Gasteiger charge is -2.09. The predicted octanol–water partition coefficient (Wildman–Crippen LogP) is -0.166. The van der Waals surface area contributed by atoms with Gasteiger partial charge in [-0.3, -0.25) is 0 Å². The zero-order valence-electron chi connectivity index (χ0n) is 6.60. The Balaban J connectivity index is 2.76. The van der Waals surface area contributed by atoms with E-state index in [-0.39, 0.29) is 0 Å². The van der Waals surface area contributed by atoms with Crippen LogP contribution in [0.15, 0.2) is 12.5 Å². The lowest BCUT2D eigenvalue weighted by molar-refractivity contribution is 0.0280. The van der Waals surface area contributed by atoms with Crippen molar-refractivity contribution in [3.05, 3.63) is 18.2 Å². The van der Waals surface area contributed by atoms with Gasteiger partial charge in [-0.1, -0.05) is 0 Å². The second kappa shape index (κ2) is 3.02. The van der Waals surface area contributed by atoms with Crippen molar-refractivity contribution in [1.29, 1.82) is 0 Å². The van der Waals surface area contributed by atoms with Crippen LogP contribution >= 0.6 is 0 Å². The average molecular weight is 156 g/mol. The molecule has 62 valence electrons. The first-order chi connectivity index (χ1) is 5.11. The van der Waals surface area contributed by atoms with E-state index in [9.17, 15) is 5.11 Å². The highest BCUT2D eigenvalue weighted by Crippen LogP contribution is 2.12. The van der Waals surface area contributed by atoms with Gasteiger partial charge in [-0.25, -0.2) is 4.98 Å². The Bertz CT molecular complexity index is 232. The number of hydrogen-bond donors (Lipinski definition) is 2. The van der Waals surface area contributed by atoms with Gasteiger partial charge in [0.2, 0.25) is 0 Å². The first-order valence-electron chi connectivity index (χ1n) is 3.45. The van der Waals surface area contributed by atoms with Gasteiger partial charge in [0.05, 0.1) is 18.1 Å². The zero-order valence-corrected chi connectivity index (χ0v) is 6.60. The molecule has 2 unspecified atom stereocenters. The lowest BCUT2D eigenvalue weighted by atomic mass is 10.2. The van der Waals surface area contributed by atoms with Crippen molar-refractivity contribution in [2.24, 2.45) is 7.05 Å². The number of rotatable bonds is 2. The van der Waals surface area contributed by atoms with Crippen LogP contribution in [0.1, 0.15) is 18.7 Å². The largest absolute Gasteiger partial charge is 0.390 e. The smallest absolute Gasteiger partial charge is 0.123 e. The highest BCUT2D eigenvalue weighted by atomic mass is 16.3. The number of imidazole rings is 1. The van der Waals surface area contributed by atoms with Crippen molar-refractivity contribution in [2.45, 2.75) is 19.1 Å². The van der Waals surface area contributed by atoms with Gasteiger partial charge >= 0.3 is 0 Å². The molecule has 11 heavy (non-hydrogen) atoms. The third kappa shape index (κ3) is 1.78. The van der Waals surface area contributed by atoms with E-state index in [4.69, 9.17) is 5.11 Å². The maximum Gasteiger partial charge on any atom is 0.123 e. The highest BCUT2D eigenvalue weighted by Gasteiger charge is 2.15. The first-order valence-corrected chi connectivity index (χ1v) is 3.45. The highest BCUT2D eigenvalue weighted by molar-refractivity contribution is 5.01. The Morgan fingerprint density at radius 2 is 2.18 bits per heavy atom. The Labute approximate surface area is 65.1 Å². The minimum atomic E-state index is -0.879. The van der Waals surface area contributed by atoms with Gasteiger partial charge in [0, 0.05) is 13.2 Å². The molecule has 0 aliphatic rings. The van der Waals surface area contributed by atoms with Crippen LogP contribution < -0.4 is 0 Å². The van der Waals surface area contributed by atoms with Crippen molar-refractivity contribution < 1.29 is 10.2 Å². The Kier molecular flexibility index (Phi) is 2.26. The van der Waals surface area contributed by atoms with Crippen molar-refractivity contribution in [3.8, 4) is 0 Å². The zero-order chi connectivity index (χ0) is 8.43. The SMILES string of the molecule is CC(O)C(O)c1cn(C)cn1. The van der Waals surface area contributed by atoms with Crippen molar-refractivity contribution >= 4 is 0 Å². The summed E-state index contributed by atoms with van der Waals surface area (Å²) in [5.74, 6) is 0. The molecule has 4 nitrogen and oxygen atoms in total. The van der Waals surface area contributed by atoms with Crippen LogP contribution in [-0.2, 0) is 7.05 Å². The summed E-state index contributed by atoms with van der Waals surface area (Å²) in [6.07, 6.45) is 1.61. The van der Waals surface area contributed by atoms with E-state index in [0.29, 0.717) is 5.69 Å². The van der Waals surface area contributed by atoms with Crippen LogP contribution in [0.2, 0.25) is 0 Å². The summed E-state index contributed by atoms with van der Waals surface area (Å²) in [7, 11) is 1.81. The van der Waals surface area contributed by atoms with Gasteiger partial charge in [-0.05, 0) is 6.92 Å². The number of aryl methyl sites for hydroxylation is 1. The molecule has 1 aromatic rings. The summed E-state index contributed by atoms with van der Waals surface area (Å²) >= 11 is 0. The van der Waals surface area contributed by atoms with Crippen LogP contribution in [0.3, 0.4) is 0 Å². The van der Waals surface area contributed by atoms with E-state index in [1.165, 1.54) is 6.92 Å². The maximum atomic E-state index is 9.29. The van der Waals surface area contributed by atoms with Gasteiger partial charge in [0.15, 0.2) is 0 Å². The molecule has 0 radical (unpaired) electrons. The quantitative estimate of drug-likeness (QED) is 0.625. The maximum absolute atomic E-state index is 9.29. The second-order valence-corrected chi connectivity index (χ2v) is 2.65. The second-order valence-electron chi connectivity index (χ2n) is 2.65. The third-order valence-corrected chi connectivity index (χ3v) is 1.48. The Hall–Kier alpha value is -0.870. The summed E-state index contributed by atoms with van der Waals surface area (Å²) in [4.78, 5) is 3.89. The number of hydrogen-bond acceptors (Lipinski definition) is 3. The van der Waals surface area contributed by atoms with Crippen LogP contribution in [0.4, 0.5) is 0 Å². The minimum Gasteiger partial charge on any atom is -0.390 e. The molecule has 0 saturated heterocycles. The van der Waals surface area contributed by atoms with Crippen molar-refractivity contribution in [3.63, 3.8) is 0 Å². The summed E-state index contributed by atoms with van der Waals surface area (Å²) in [5.41, 5.74) is 0.502. The summed E-state index contributed by atoms with van der Waals surface area (Å²) in [6, 6.07) is 0. The number of aliphatic hydroxyl groups is 2.